The minimum absolute atomic E-state index is 0.000955. The number of carbonyl (C=O) groups is 1. The molecule has 1 aliphatic rings. The average Bonchev–Trinajstić information content (AvgIpc) is 3.09. The molecule has 0 aromatic carbocycles. The van der Waals surface area contributed by atoms with E-state index in [2.05, 4.69) is 20.8 Å². The van der Waals surface area contributed by atoms with Crippen molar-refractivity contribution < 1.29 is 13.2 Å². The van der Waals surface area contributed by atoms with Crippen LogP contribution in [0, 0.1) is 11.8 Å². The highest BCUT2D eigenvalue weighted by Gasteiger charge is 2.36. The Labute approximate surface area is 123 Å². The first kappa shape index (κ1) is 17.5. The van der Waals surface area contributed by atoms with Crippen LogP contribution in [-0.4, -0.2) is 42.8 Å². The molecule has 0 radical (unpaired) electrons. The molecule has 1 rings (SSSR count). The lowest BCUT2D eigenvalue weighted by Crippen LogP contribution is -2.43. The summed E-state index contributed by atoms with van der Waals surface area (Å²) < 4.78 is 23.8. The molecule has 0 aliphatic heterocycles. The third-order valence-corrected chi connectivity index (χ3v) is 5.85. The quantitative estimate of drug-likeness (QED) is 0.692. The largest absolute Gasteiger partial charge is 0.337 e. The number of nitrogens with zero attached hydrogens (tertiary/aromatic N) is 1. The molecular weight excluding hydrogens is 274 g/mol. The van der Waals surface area contributed by atoms with E-state index in [-0.39, 0.29) is 35.8 Å². The molecular formula is C15H29NO3S. The second-order valence-electron chi connectivity index (χ2n) is 6.78. The number of amides is 1. The van der Waals surface area contributed by atoms with Crippen LogP contribution in [0.2, 0.25) is 0 Å². The molecule has 0 heterocycles. The number of hydrogen-bond acceptors (Lipinski definition) is 3. The van der Waals surface area contributed by atoms with Gasteiger partial charge in [-0.1, -0.05) is 27.7 Å². The lowest BCUT2D eigenvalue weighted by molar-refractivity contribution is -0.134. The molecule has 0 aromatic heterocycles. The van der Waals surface area contributed by atoms with Crippen molar-refractivity contribution in [1.29, 1.82) is 0 Å². The molecule has 0 spiro atoms. The Morgan fingerprint density at radius 2 is 1.70 bits per heavy atom. The van der Waals surface area contributed by atoms with E-state index < -0.39 is 9.84 Å². The zero-order chi connectivity index (χ0) is 15.5. The molecule has 1 atom stereocenters. The first-order valence-electron chi connectivity index (χ1n) is 7.65. The van der Waals surface area contributed by atoms with Crippen LogP contribution in [-0.2, 0) is 14.6 Å². The fourth-order valence-electron chi connectivity index (χ4n) is 2.40. The van der Waals surface area contributed by atoms with Gasteiger partial charge in [0.15, 0.2) is 9.84 Å². The predicted octanol–water partition coefficient (Wildman–Crippen LogP) is 2.48. The standard InChI is InChI=1S/C15H29NO3S/c1-11(2)10-20(18,19)9-8-15(17)16(14-6-7-14)13(5)12(3)4/h11-14H,6-10H2,1-5H3. The van der Waals surface area contributed by atoms with Crippen LogP contribution in [0.15, 0.2) is 0 Å². The molecule has 0 aromatic rings. The Balaban J connectivity index is 2.59. The first-order valence-corrected chi connectivity index (χ1v) is 9.47. The molecule has 0 N–H and O–H groups in total. The van der Waals surface area contributed by atoms with Crippen molar-refractivity contribution in [3.05, 3.63) is 0 Å². The van der Waals surface area contributed by atoms with Crippen LogP contribution in [0.5, 0.6) is 0 Å². The second kappa shape index (κ2) is 6.92. The van der Waals surface area contributed by atoms with Crippen LogP contribution in [0.4, 0.5) is 0 Å². The normalized spacial score (nSPS) is 17.6. The zero-order valence-corrected chi connectivity index (χ0v) is 14.2. The summed E-state index contributed by atoms with van der Waals surface area (Å²) in [5, 5.41) is 0. The van der Waals surface area contributed by atoms with Crippen molar-refractivity contribution in [2.75, 3.05) is 11.5 Å². The number of hydrogen-bond donors (Lipinski definition) is 0. The summed E-state index contributed by atoms with van der Waals surface area (Å²) >= 11 is 0. The molecule has 0 saturated heterocycles. The third-order valence-electron chi connectivity index (χ3n) is 3.85. The molecule has 5 heteroatoms. The van der Waals surface area contributed by atoms with Gasteiger partial charge in [-0.25, -0.2) is 8.42 Å². The molecule has 1 aliphatic carbocycles. The van der Waals surface area contributed by atoms with Gasteiger partial charge in [0.1, 0.15) is 0 Å². The molecule has 118 valence electrons. The molecule has 0 bridgehead atoms. The van der Waals surface area contributed by atoms with E-state index in [1.54, 1.807) is 0 Å². The van der Waals surface area contributed by atoms with Crippen molar-refractivity contribution in [1.82, 2.24) is 4.90 Å². The summed E-state index contributed by atoms with van der Waals surface area (Å²) in [6, 6.07) is 0.524. The van der Waals surface area contributed by atoms with Gasteiger partial charge in [0.05, 0.1) is 11.5 Å². The van der Waals surface area contributed by atoms with Gasteiger partial charge in [-0.15, -0.1) is 0 Å². The highest BCUT2D eigenvalue weighted by atomic mass is 32.2. The van der Waals surface area contributed by atoms with Crippen LogP contribution in [0.25, 0.3) is 0 Å². The molecule has 4 nitrogen and oxygen atoms in total. The summed E-state index contributed by atoms with van der Waals surface area (Å²) in [6.07, 6.45) is 2.24. The van der Waals surface area contributed by atoms with Crippen LogP contribution in [0.1, 0.15) is 53.9 Å². The van der Waals surface area contributed by atoms with Gasteiger partial charge in [-0.2, -0.15) is 0 Å². The first-order chi connectivity index (χ1) is 9.14. The van der Waals surface area contributed by atoms with E-state index in [4.69, 9.17) is 0 Å². The van der Waals surface area contributed by atoms with Gasteiger partial charge in [-0.3, -0.25) is 4.79 Å². The van der Waals surface area contributed by atoms with E-state index in [9.17, 15) is 13.2 Å². The molecule has 1 unspecified atom stereocenters. The average molecular weight is 303 g/mol. The SMILES string of the molecule is CC(C)CS(=O)(=O)CCC(=O)N(C1CC1)C(C)C(C)C. The maximum absolute atomic E-state index is 12.4. The fraction of sp³-hybridized carbons (Fsp3) is 0.933. The minimum atomic E-state index is -3.11. The predicted molar refractivity (Wildman–Crippen MR) is 82.3 cm³/mol. The van der Waals surface area contributed by atoms with E-state index in [1.165, 1.54) is 0 Å². The van der Waals surface area contributed by atoms with Crippen LogP contribution in [0.3, 0.4) is 0 Å². The maximum Gasteiger partial charge on any atom is 0.224 e. The van der Waals surface area contributed by atoms with Crippen molar-refractivity contribution in [2.24, 2.45) is 11.8 Å². The van der Waals surface area contributed by atoms with Gasteiger partial charge < -0.3 is 4.90 Å². The summed E-state index contributed by atoms with van der Waals surface area (Å²) in [5.41, 5.74) is 0. The second-order valence-corrected chi connectivity index (χ2v) is 9.00. The Morgan fingerprint density at radius 1 is 1.15 bits per heavy atom. The maximum atomic E-state index is 12.4. The highest BCUT2D eigenvalue weighted by Crippen LogP contribution is 2.31. The fourth-order valence-corrected chi connectivity index (χ4v) is 4.07. The molecule has 1 amide bonds. The van der Waals surface area contributed by atoms with Gasteiger partial charge >= 0.3 is 0 Å². The van der Waals surface area contributed by atoms with Gasteiger partial charge in [-0.05, 0) is 31.6 Å². The zero-order valence-electron chi connectivity index (χ0n) is 13.4. The molecule has 1 fully saturated rings. The topological polar surface area (TPSA) is 54.5 Å². The van der Waals surface area contributed by atoms with Gasteiger partial charge in [0, 0.05) is 18.5 Å². The highest BCUT2D eigenvalue weighted by molar-refractivity contribution is 7.91. The van der Waals surface area contributed by atoms with Gasteiger partial charge in [0.2, 0.25) is 5.91 Å². The summed E-state index contributed by atoms with van der Waals surface area (Å²) in [6.45, 7) is 10.0. The summed E-state index contributed by atoms with van der Waals surface area (Å²) in [5.74, 6) is 0.665. The van der Waals surface area contributed by atoms with Crippen molar-refractivity contribution in [2.45, 2.75) is 66.0 Å². The number of sulfone groups is 1. The van der Waals surface area contributed by atoms with Crippen molar-refractivity contribution >= 4 is 15.7 Å². The number of carbonyl (C=O) groups excluding carboxylic acids is 1. The monoisotopic (exact) mass is 303 g/mol. The number of rotatable bonds is 8. The minimum Gasteiger partial charge on any atom is -0.337 e. The van der Waals surface area contributed by atoms with E-state index in [1.807, 2.05) is 18.7 Å². The van der Waals surface area contributed by atoms with Crippen LogP contribution >= 0.6 is 0 Å². The molecule has 20 heavy (non-hydrogen) atoms. The third kappa shape index (κ3) is 5.43. The van der Waals surface area contributed by atoms with Gasteiger partial charge in [0.25, 0.3) is 0 Å². The van der Waals surface area contributed by atoms with E-state index in [0.29, 0.717) is 12.0 Å². The Kier molecular flexibility index (Phi) is 6.05. The van der Waals surface area contributed by atoms with Crippen molar-refractivity contribution in [3.63, 3.8) is 0 Å². The van der Waals surface area contributed by atoms with Crippen molar-refractivity contribution in [3.8, 4) is 0 Å². The Morgan fingerprint density at radius 3 is 2.10 bits per heavy atom. The molecule has 1 saturated carbocycles. The van der Waals surface area contributed by atoms with E-state index in [0.717, 1.165) is 12.8 Å². The Bertz CT molecular complexity index is 424. The van der Waals surface area contributed by atoms with Crippen LogP contribution < -0.4 is 0 Å². The van der Waals surface area contributed by atoms with E-state index >= 15 is 0 Å². The Hall–Kier alpha value is -0.580. The lowest BCUT2D eigenvalue weighted by Gasteiger charge is -2.32. The lowest BCUT2D eigenvalue weighted by atomic mass is 10.0. The summed E-state index contributed by atoms with van der Waals surface area (Å²) in [7, 11) is -3.11. The smallest absolute Gasteiger partial charge is 0.224 e. The summed E-state index contributed by atoms with van der Waals surface area (Å²) in [4.78, 5) is 14.3.